The summed E-state index contributed by atoms with van der Waals surface area (Å²) in [5.74, 6) is 0.776. The van der Waals surface area contributed by atoms with Gasteiger partial charge in [-0.2, -0.15) is 0 Å². The molecule has 3 rings (SSSR count). The number of nitrogens with two attached hydrogens (primary N) is 1. The molecule has 1 aromatic carbocycles. The molecule has 0 spiro atoms. The number of hydrogen-bond donors (Lipinski definition) is 1. The maximum absolute atomic E-state index is 12.9. The lowest BCUT2D eigenvalue weighted by molar-refractivity contribution is -0.138. The molecule has 2 N–H and O–H groups in total. The predicted octanol–water partition coefficient (Wildman–Crippen LogP) is 2.62. The topological polar surface area (TPSA) is 72.6 Å². The number of amides is 2. The van der Waals surface area contributed by atoms with Crippen LogP contribution in [-0.4, -0.2) is 36.4 Å². The van der Waals surface area contributed by atoms with Crippen molar-refractivity contribution in [3.8, 4) is 5.75 Å². The number of carbonyl (C=O) groups excluding carboxylic acids is 2. The van der Waals surface area contributed by atoms with Crippen molar-refractivity contribution >= 4 is 11.8 Å². The molecule has 5 heteroatoms. The van der Waals surface area contributed by atoms with Crippen molar-refractivity contribution in [3.05, 3.63) is 29.3 Å². The number of benzene rings is 1. The number of nitrogens with zero attached hydrogens (tertiary/aromatic N) is 1. The van der Waals surface area contributed by atoms with E-state index in [4.69, 9.17) is 10.5 Å². The van der Waals surface area contributed by atoms with Gasteiger partial charge < -0.3 is 15.4 Å². The van der Waals surface area contributed by atoms with Crippen molar-refractivity contribution in [1.29, 1.82) is 0 Å². The van der Waals surface area contributed by atoms with Gasteiger partial charge in [0.15, 0.2) is 0 Å². The minimum absolute atomic E-state index is 0.145. The molecule has 0 aromatic heterocycles. The van der Waals surface area contributed by atoms with Gasteiger partial charge in [0.1, 0.15) is 5.75 Å². The number of primary amides is 1. The van der Waals surface area contributed by atoms with Crippen LogP contribution < -0.4 is 10.5 Å². The smallest absolute Gasteiger partial charge is 0.223 e. The van der Waals surface area contributed by atoms with Crippen molar-refractivity contribution < 1.29 is 14.3 Å². The van der Waals surface area contributed by atoms with Crippen molar-refractivity contribution in [2.75, 3.05) is 13.7 Å². The quantitative estimate of drug-likeness (QED) is 0.912. The Kier molecular flexibility index (Phi) is 5.30. The Labute approximate surface area is 149 Å². The molecule has 1 fully saturated rings. The molecule has 0 unspecified atom stereocenters. The fraction of sp³-hybridized carbons (Fsp3) is 0.600. The van der Waals surface area contributed by atoms with Crippen molar-refractivity contribution in [2.24, 2.45) is 11.7 Å². The predicted molar refractivity (Wildman–Crippen MR) is 96.4 cm³/mol. The van der Waals surface area contributed by atoms with Crippen LogP contribution >= 0.6 is 0 Å². The third-order valence-corrected chi connectivity index (χ3v) is 5.81. The van der Waals surface area contributed by atoms with E-state index >= 15 is 0 Å². The number of likely N-dealkylation sites (tertiary alicyclic amines) is 1. The molecule has 3 atom stereocenters. The van der Waals surface area contributed by atoms with Gasteiger partial charge in [0, 0.05) is 19.0 Å². The highest BCUT2D eigenvalue weighted by atomic mass is 16.5. The van der Waals surface area contributed by atoms with Crippen LogP contribution in [0, 0.1) is 5.92 Å². The van der Waals surface area contributed by atoms with Crippen molar-refractivity contribution in [1.82, 2.24) is 4.90 Å². The van der Waals surface area contributed by atoms with Crippen molar-refractivity contribution in [2.45, 2.75) is 57.4 Å². The standard InChI is InChI=1S/C20H28N2O3/c1-13-6-7-16(20(21)24)12-22(13)19(23)11-15-5-3-4-14-10-17(25-2)8-9-18(14)15/h8-10,13,15-16H,3-7,11-12H2,1-2H3,(H2,21,24)/t13-,15-,16+/m1/s1. The molecule has 1 heterocycles. The summed E-state index contributed by atoms with van der Waals surface area (Å²) in [6, 6.07) is 6.37. The Morgan fingerprint density at radius 3 is 2.80 bits per heavy atom. The lowest BCUT2D eigenvalue weighted by Crippen LogP contribution is -2.48. The molecule has 1 aliphatic heterocycles. The van der Waals surface area contributed by atoms with Gasteiger partial charge in [-0.15, -0.1) is 0 Å². The molecule has 1 aromatic rings. The molecule has 0 bridgehead atoms. The van der Waals surface area contributed by atoms with Gasteiger partial charge in [-0.25, -0.2) is 0 Å². The summed E-state index contributed by atoms with van der Waals surface area (Å²) in [5.41, 5.74) is 8.03. The molecule has 2 aliphatic rings. The molecular formula is C20H28N2O3. The number of rotatable bonds is 4. The molecule has 0 radical (unpaired) electrons. The molecule has 2 amide bonds. The van der Waals surface area contributed by atoms with E-state index < -0.39 is 0 Å². The average Bonchev–Trinajstić information content (AvgIpc) is 2.61. The summed E-state index contributed by atoms with van der Waals surface area (Å²) < 4.78 is 5.32. The van der Waals surface area contributed by atoms with Crippen LogP contribution in [0.4, 0.5) is 0 Å². The SMILES string of the molecule is COc1ccc2c(c1)CCC[C@@H]2CC(=O)N1C[C@@H](C(N)=O)CC[C@H]1C. The van der Waals surface area contributed by atoms with Crippen LogP contribution in [-0.2, 0) is 16.0 Å². The van der Waals surface area contributed by atoms with Crippen LogP contribution in [0.25, 0.3) is 0 Å². The number of piperidine rings is 1. The van der Waals surface area contributed by atoms with Crippen LogP contribution in [0.15, 0.2) is 18.2 Å². The Bertz CT molecular complexity index is 658. The van der Waals surface area contributed by atoms with Gasteiger partial charge >= 0.3 is 0 Å². The number of methoxy groups -OCH3 is 1. The Morgan fingerprint density at radius 1 is 1.28 bits per heavy atom. The van der Waals surface area contributed by atoms with E-state index in [0.717, 1.165) is 37.9 Å². The zero-order valence-electron chi connectivity index (χ0n) is 15.2. The Morgan fingerprint density at radius 2 is 2.08 bits per heavy atom. The first-order chi connectivity index (χ1) is 12.0. The Hall–Kier alpha value is -2.04. The summed E-state index contributed by atoms with van der Waals surface area (Å²) in [7, 11) is 1.68. The summed E-state index contributed by atoms with van der Waals surface area (Å²) in [6.45, 7) is 2.53. The van der Waals surface area contributed by atoms with Crippen LogP contribution in [0.3, 0.4) is 0 Å². The average molecular weight is 344 g/mol. The highest BCUT2D eigenvalue weighted by Crippen LogP contribution is 2.36. The summed E-state index contributed by atoms with van der Waals surface area (Å²) in [4.78, 5) is 26.3. The first-order valence-electron chi connectivity index (χ1n) is 9.25. The number of fused-ring (bicyclic) bond motifs is 1. The van der Waals surface area contributed by atoms with E-state index in [0.29, 0.717) is 13.0 Å². The highest BCUT2D eigenvalue weighted by Gasteiger charge is 2.33. The zero-order valence-corrected chi connectivity index (χ0v) is 15.2. The van der Waals surface area contributed by atoms with Crippen LogP contribution in [0.2, 0.25) is 0 Å². The first kappa shape index (κ1) is 17.8. The zero-order chi connectivity index (χ0) is 18.0. The van der Waals surface area contributed by atoms with Gasteiger partial charge in [0.05, 0.1) is 13.0 Å². The lowest BCUT2D eigenvalue weighted by atomic mass is 9.80. The summed E-state index contributed by atoms with van der Waals surface area (Å²) >= 11 is 0. The minimum atomic E-state index is -0.292. The second-order valence-corrected chi connectivity index (χ2v) is 7.43. The molecule has 1 aliphatic carbocycles. The number of hydrogen-bond acceptors (Lipinski definition) is 3. The second kappa shape index (κ2) is 7.46. The molecule has 136 valence electrons. The largest absolute Gasteiger partial charge is 0.497 e. The van der Waals surface area contributed by atoms with E-state index in [1.165, 1.54) is 11.1 Å². The summed E-state index contributed by atoms with van der Waals surface area (Å²) in [6.07, 6.45) is 5.31. The van der Waals surface area contributed by atoms with Gasteiger partial charge in [0.25, 0.3) is 0 Å². The third kappa shape index (κ3) is 3.80. The molecule has 0 saturated carbocycles. The van der Waals surface area contributed by atoms with Crippen LogP contribution in [0.5, 0.6) is 5.75 Å². The minimum Gasteiger partial charge on any atom is -0.497 e. The van der Waals surface area contributed by atoms with E-state index in [9.17, 15) is 9.59 Å². The third-order valence-electron chi connectivity index (χ3n) is 5.81. The van der Waals surface area contributed by atoms with Gasteiger partial charge in [-0.05, 0) is 68.2 Å². The van der Waals surface area contributed by atoms with Gasteiger partial charge in [0.2, 0.25) is 11.8 Å². The fourth-order valence-electron chi connectivity index (χ4n) is 4.25. The van der Waals surface area contributed by atoms with Crippen molar-refractivity contribution in [3.63, 3.8) is 0 Å². The Balaban J connectivity index is 1.72. The number of ether oxygens (including phenoxy) is 1. The molecule has 1 saturated heterocycles. The molecular weight excluding hydrogens is 316 g/mol. The van der Waals surface area contributed by atoms with E-state index in [1.54, 1.807) is 7.11 Å². The number of aryl methyl sites for hydroxylation is 1. The maximum atomic E-state index is 12.9. The van der Waals surface area contributed by atoms with Gasteiger partial charge in [-0.3, -0.25) is 9.59 Å². The first-order valence-corrected chi connectivity index (χ1v) is 9.25. The molecule has 25 heavy (non-hydrogen) atoms. The normalized spacial score (nSPS) is 26.0. The van der Waals surface area contributed by atoms with E-state index in [2.05, 4.69) is 19.1 Å². The monoisotopic (exact) mass is 344 g/mol. The highest BCUT2D eigenvalue weighted by molar-refractivity contribution is 5.81. The number of carbonyl (C=O) groups is 2. The fourth-order valence-corrected chi connectivity index (χ4v) is 4.25. The second-order valence-electron chi connectivity index (χ2n) is 7.43. The van der Waals surface area contributed by atoms with E-state index in [1.807, 2.05) is 11.0 Å². The van der Waals surface area contributed by atoms with E-state index in [-0.39, 0.29) is 29.7 Å². The van der Waals surface area contributed by atoms with Gasteiger partial charge in [-0.1, -0.05) is 6.07 Å². The maximum Gasteiger partial charge on any atom is 0.223 e. The van der Waals surface area contributed by atoms with Crippen LogP contribution in [0.1, 0.15) is 56.1 Å². The molecule has 5 nitrogen and oxygen atoms in total. The summed E-state index contributed by atoms with van der Waals surface area (Å²) in [5, 5.41) is 0. The lowest BCUT2D eigenvalue weighted by Gasteiger charge is -2.38.